The lowest BCUT2D eigenvalue weighted by molar-refractivity contribution is 0.317. The van der Waals surface area contributed by atoms with Crippen molar-refractivity contribution >= 4 is 34.0 Å². The van der Waals surface area contributed by atoms with E-state index in [-0.39, 0.29) is 34.0 Å². The smallest absolute Gasteiger partial charge is 0.0360 e. The molecule has 1 fully saturated rings. The standard InChI is InChI=1S/C10H14N2.2BrH/c1-12-7-3-5-10(12)9-4-2-6-11-8-9;;/h2,4,6,8,10H,3,5,7H2,1H3;2*1H. The van der Waals surface area contributed by atoms with Crippen LogP contribution in [0.3, 0.4) is 0 Å². The third-order valence-corrected chi connectivity index (χ3v) is 2.59. The van der Waals surface area contributed by atoms with Crippen LogP contribution in [0.5, 0.6) is 0 Å². The minimum absolute atomic E-state index is 0. The average Bonchev–Trinajstić information content (AvgIpc) is 2.53. The van der Waals surface area contributed by atoms with E-state index in [2.05, 4.69) is 23.0 Å². The molecule has 1 unspecified atom stereocenters. The van der Waals surface area contributed by atoms with Crippen LogP contribution in [-0.2, 0) is 0 Å². The zero-order valence-corrected chi connectivity index (χ0v) is 11.6. The van der Waals surface area contributed by atoms with Crippen molar-refractivity contribution in [3.05, 3.63) is 30.1 Å². The van der Waals surface area contributed by atoms with Gasteiger partial charge in [-0.2, -0.15) is 0 Å². The molecule has 14 heavy (non-hydrogen) atoms. The molecule has 4 heteroatoms. The summed E-state index contributed by atoms with van der Waals surface area (Å²) >= 11 is 0. The molecule has 80 valence electrons. The summed E-state index contributed by atoms with van der Waals surface area (Å²) in [4.78, 5) is 6.54. The Bertz CT molecular complexity index is 254. The van der Waals surface area contributed by atoms with Crippen LogP contribution in [-0.4, -0.2) is 23.5 Å². The zero-order chi connectivity index (χ0) is 8.39. The van der Waals surface area contributed by atoms with Gasteiger partial charge in [0.05, 0.1) is 0 Å². The minimum Gasteiger partial charge on any atom is -0.299 e. The number of hydrogen-bond acceptors (Lipinski definition) is 2. The number of pyridine rings is 1. The van der Waals surface area contributed by atoms with Crippen molar-refractivity contribution in [1.82, 2.24) is 9.88 Å². The van der Waals surface area contributed by atoms with Crippen LogP contribution >= 0.6 is 34.0 Å². The first kappa shape index (κ1) is 14.1. The van der Waals surface area contributed by atoms with E-state index in [9.17, 15) is 0 Å². The van der Waals surface area contributed by atoms with Crippen molar-refractivity contribution in [3.8, 4) is 0 Å². The van der Waals surface area contributed by atoms with Crippen LogP contribution < -0.4 is 0 Å². The Balaban J connectivity index is 0.000000845. The maximum atomic E-state index is 4.14. The van der Waals surface area contributed by atoms with E-state index in [1.54, 1.807) is 0 Å². The van der Waals surface area contributed by atoms with E-state index < -0.39 is 0 Å². The largest absolute Gasteiger partial charge is 0.299 e. The normalized spacial score (nSPS) is 21.1. The fourth-order valence-electron chi connectivity index (χ4n) is 1.90. The summed E-state index contributed by atoms with van der Waals surface area (Å²) in [5.74, 6) is 0. The SMILES string of the molecule is Br.Br.CN1CCCC1c1cccnc1. The van der Waals surface area contributed by atoms with Gasteiger partial charge in [0.2, 0.25) is 0 Å². The van der Waals surface area contributed by atoms with Gasteiger partial charge >= 0.3 is 0 Å². The first-order chi connectivity index (χ1) is 5.88. The molecule has 2 nitrogen and oxygen atoms in total. The highest BCUT2D eigenvalue weighted by molar-refractivity contribution is 8.93. The summed E-state index contributed by atoms with van der Waals surface area (Å²) in [7, 11) is 2.19. The topological polar surface area (TPSA) is 16.1 Å². The molecule has 0 N–H and O–H groups in total. The lowest BCUT2D eigenvalue weighted by Gasteiger charge is -2.18. The van der Waals surface area contributed by atoms with E-state index in [0.29, 0.717) is 6.04 Å². The molecule has 0 saturated carbocycles. The molecule has 2 heterocycles. The molecular weight excluding hydrogens is 308 g/mol. The molecule has 1 aliphatic heterocycles. The van der Waals surface area contributed by atoms with Gasteiger partial charge in [-0.05, 0) is 38.1 Å². The molecule has 0 aliphatic carbocycles. The summed E-state index contributed by atoms with van der Waals surface area (Å²) < 4.78 is 0. The molecule has 1 saturated heterocycles. The fourth-order valence-corrected chi connectivity index (χ4v) is 1.90. The van der Waals surface area contributed by atoms with Gasteiger partial charge in [-0.1, -0.05) is 6.07 Å². The predicted molar refractivity (Wildman–Crippen MR) is 69.5 cm³/mol. The van der Waals surface area contributed by atoms with Crippen molar-refractivity contribution in [2.24, 2.45) is 0 Å². The molecule has 0 bridgehead atoms. The summed E-state index contributed by atoms with van der Waals surface area (Å²) in [6, 6.07) is 4.79. The van der Waals surface area contributed by atoms with Crippen molar-refractivity contribution < 1.29 is 0 Å². The predicted octanol–water partition coefficient (Wildman–Crippen LogP) is 3.00. The summed E-state index contributed by atoms with van der Waals surface area (Å²) in [5.41, 5.74) is 1.36. The molecule has 0 amide bonds. The third kappa shape index (κ3) is 3.04. The van der Waals surface area contributed by atoms with Gasteiger partial charge in [0.15, 0.2) is 0 Å². The Labute approximate surface area is 106 Å². The highest BCUT2D eigenvalue weighted by Crippen LogP contribution is 2.29. The van der Waals surface area contributed by atoms with Crippen LogP contribution in [0.1, 0.15) is 24.4 Å². The van der Waals surface area contributed by atoms with E-state index in [1.165, 1.54) is 24.9 Å². The number of rotatable bonds is 1. The van der Waals surface area contributed by atoms with E-state index in [1.807, 2.05) is 18.5 Å². The van der Waals surface area contributed by atoms with Crippen molar-refractivity contribution in [2.75, 3.05) is 13.6 Å². The Hall–Kier alpha value is 0.0700. The summed E-state index contributed by atoms with van der Waals surface area (Å²) in [6.07, 6.45) is 6.41. The van der Waals surface area contributed by atoms with Gasteiger partial charge < -0.3 is 0 Å². The van der Waals surface area contributed by atoms with Gasteiger partial charge in [0, 0.05) is 18.4 Å². The van der Waals surface area contributed by atoms with Crippen molar-refractivity contribution in [1.29, 1.82) is 0 Å². The van der Waals surface area contributed by atoms with E-state index in [0.717, 1.165) is 0 Å². The Morgan fingerprint density at radius 1 is 1.43 bits per heavy atom. The van der Waals surface area contributed by atoms with E-state index >= 15 is 0 Å². The average molecular weight is 324 g/mol. The second-order valence-electron chi connectivity index (χ2n) is 3.42. The van der Waals surface area contributed by atoms with E-state index in [4.69, 9.17) is 0 Å². The van der Waals surface area contributed by atoms with Crippen LogP contribution in [0.2, 0.25) is 0 Å². The van der Waals surface area contributed by atoms with Gasteiger partial charge in [0.25, 0.3) is 0 Å². The molecule has 0 aromatic carbocycles. The van der Waals surface area contributed by atoms with Crippen LogP contribution in [0.4, 0.5) is 0 Å². The maximum absolute atomic E-state index is 4.14. The maximum Gasteiger partial charge on any atom is 0.0360 e. The molecule has 1 aromatic rings. The molecule has 1 aliphatic rings. The quantitative estimate of drug-likeness (QED) is 0.789. The monoisotopic (exact) mass is 322 g/mol. The van der Waals surface area contributed by atoms with Crippen LogP contribution in [0.25, 0.3) is 0 Å². The lowest BCUT2D eigenvalue weighted by atomic mass is 10.1. The Kier molecular flexibility index (Phi) is 6.57. The zero-order valence-electron chi connectivity index (χ0n) is 8.22. The molecule has 1 atom stereocenters. The van der Waals surface area contributed by atoms with Crippen LogP contribution in [0, 0.1) is 0 Å². The second kappa shape index (κ2) is 6.53. The van der Waals surface area contributed by atoms with Gasteiger partial charge in [0.1, 0.15) is 0 Å². The summed E-state index contributed by atoms with van der Waals surface area (Å²) in [6.45, 7) is 1.22. The van der Waals surface area contributed by atoms with Gasteiger partial charge in [-0.3, -0.25) is 9.88 Å². The molecule has 0 radical (unpaired) electrons. The van der Waals surface area contributed by atoms with Crippen molar-refractivity contribution in [3.63, 3.8) is 0 Å². The highest BCUT2D eigenvalue weighted by atomic mass is 79.9. The molecule has 0 spiro atoms. The van der Waals surface area contributed by atoms with Gasteiger partial charge in [-0.25, -0.2) is 0 Å². The number of nitrogens with zero attached hydrogens (tertiary/aromatic N) is 2. The third-order valence-electron chi connectivity index (χ3n) is 2.59. The molecule has 2 rings (SSSR count). The van der Waals surface area contributed by atoms with Crippen molar-refractivity contribution in [2.45, 2.75) is 18.9 Å². The number of halogens is 2. The minimum atomic E-state index is 0. The van der Waals surface area contributed by atoms with Gasteiger partial charge in [-0.15, -0.1) is 34.0 Å². The Morgan fingerprint density at radius 3 is 2.71 bits per heavy atom. The molecule has 1 aromatic heterocycles. The lowest BCUT2D eigenvalue weighted by Crippen LogP contribution is -2.17. The first-order valence-electron chi connectivity index (χ1n) is 4.48. The molecular formula is C10H16Br2N2. The number of hydrogen-bond donors (Lipinski definition) is 0. The fraction of sp³-hybridized carbons (Fsp3) is 0.500. The Morgan fingerprint density at radius 2 is 2.21 bits per heavy atom. The van der Waals surface area contributed by atoms with Crippen LogP contribution in [0.15, 0.2) is 24.5 Å². The highest BCUT2D eigenvalue weighted by Gasteiger charge is 2.21. The number of likely N-dealkylation sites (tertiary alicyclic amines) is 1. The first-order valence-corrected chi connectivity index (χ1v) is 4.48. The number of aromatic nitrogens is 1. The summed E-state index contributed by atoms with van der Waals surface area (Å²) in [5, 5.41) is 0. The second-order valence-corrected chi connectivity index (χ2v) is 3.42.